The maximum Gasteiger partial charge on any atom is 0.255 e. The summed E-state index contributed by atoms with van der Waals surface area (Å²) in [6.07, 6.45) is 7.53. The molecular weight excluding hydrogens is 732 g/mol. The molecule has 13 heteroatoms. The Balaban J connectivity index is 0.974. The van der Waals surface area contributed by atoms with E-state index < -0.39 is 40.7 Å². The second-order valence-electron chi connectivity index (χ2n) is 15.3. The van der Waals surface area contributed by atoms with E-state index in [1.165, 1.54) is 6.07 Å². The van der Waals surface area contributed by atoms with Gasteiger partial charge in [0.2, 0.25) is 23.6 Å². The topological polar surface area (TPSA) is 137 Å². The van der Waals surface area contributed by atoms with E-state index in [1.54, 1.807) is 35.2 Å². The molecule has 3 fully saturated rings. The molecule has 2 saturated heterocycles. The number of amides is 5. The highest BCUT2D eigenvalue weighted by Crippen LogP contribution is 2.62. The monoisotopic (exact) mass is 773 g/mol. The van der Waals surface area contributed by atoms with Gasteiger partial charge in [-0.3, -0.25) is 34.6 Å². The van der Waals surface area contributed by atoms with Crippen LogP contribution in [0.2, 0.25) is 10.0 Å². The smallest absolute Gasteiger partial charge is 0.255 e. The first-order chi connectivity index (χ1) is 26.1. The number of halogens is 3. The molecule has 10 nitrogen and oxygen atoms in total. The van der Waals surface area contributed by atoms with Crippen LogP contribution in [-0.2, 0) is 37.6 Å². The van der Waals surface area contributed by atoms with Crippen molar-refractivity contribution in [2.24, 2.45) is 0 Å². The minimum Gasteiger partial charge on any atom is -0.355 e. The summed E-state index contributed by atoms with van der Waals surface area (Å²) in [5.41, 5.74) is 1.96. The summed E-state index contributed by atoms with van der Waals surface area (Å²) in [6.45, 7) is 0.711. The number of nitrogens with one attached hydrogen (secondary N) is 4. The molecule has 4 aliphatic heterocycles. The van der Waals surface area contributed by atoms with E-state index in [4.69, 9.17) is 23.2 Å². The van der Waals surface area contributed by atoms with E-state index in [1.807, 2.05) is 18.2 Å². The Morgan fingerprint density at radius 2 is 1.74 bits per heavy atom. The number of anilines is 1. The first-order valence-corrected chi connectivity index (χ1v) is 19.7. The number of aryl methyl sites for hydroxylation is 1. The van der Waals surface area contributed by atoms with Gasteiger partial charge in [0.15, 0.2) is 0 Å². The second-order valence-corrected chi connectivity index (χ2v) is 16.1. The van der Waals surface area contributed by atoms with Crippen molar-refractivity contribution < 1.29 is 28.4 Å². The van der Waals surface area contributed by atoms with Gasteiger partial charge in [-0.25, -0.2) is 4.39 Å². The van der Waals surface area contributed by atoms with Crippen LogP contribution >= 0.6 is 23.2 Å². The Bertz CT molecular complexity index is 2070. The average Bonchev–Trinajstić information content (AvgIpc) is 3.75. The summed E-state index contributed by atoms with van der Waals surface area (Å²) in [5, 5.41) is 12.6. The lowest BCUT2D eigenvalue weighted by molar-refractivity contribution is -0.137. The third-order valence-electron chi connectivity index (χ3n) is 12.4. The van der Waals surface area contributed by atoms with Crippen molar-refractivity contribution in [3.05, 3.63) is 98.3 Å². The fourth-order valence-corrected chi connectivity index (χ4v) is 10.4. The van der Waals surface area contributed by atoms with E-state index in [2.05, 4.69) is 21.3 Å². The van der Waals surface area contributed by atoms with Gasteiger partial charge in [-0.2, -0.15) is 0 Å². The van der Waals surface area contributed by atoms with Crippen LogP contribution < -0.4 is 21.3 Å². The lowest BCUT2D eigenvalue weighted by Crippen LogP contribution is -2.60. The van der Waals surface area contributed by atoms with Gasteiger partial charge in [-0.1, -0.05) is 79.2 Å². The zero-order chi connectivity index (χ0) is 37.8. The van der Waals surface area contributed by atoms with Crippen LogP contribution in [0, 0.1) is 5.82 Å². The van der Waals surface area contributed by atoms with Gasteiger partial charge in [-0.15, -0.1) is 0 Å². The SMILES string of the molecule is O=C1CCC(N2Cc3c(CCCCCNC(=O)[C@@H]4NC5(CCCCC5)[C@@]5(C(=O)Nc6cc(Cl)ccc65)[C@H]4c4cccc(Cl)c4F)cccc3C2=O)C(=O)N1. The molecule has 5 amide bonds. The van der Waals surface area contributed by atoms with Crippen LogP contribution in [-0.4, -0.2) is 58.6 Å². The zero-order valence-electron chi connectivity index (χ0n) is 29.7. The number of fused-ring (bicyclic) bond motifs is 4. The Hall–Kier alpha value is -4.32. The fourth-order valence-electron chi connectivity index (χ4n) is 10.0. The van der Waals surface area contributed by atoms with Crippen LogP contribution in [0.1, 0.15) is 103 Å². The summed E-state index contributed by atoms with van der Waals surface area (Å²) in [7, 11) is 0. The molecule has 0 radical (unpaired) electrons. The molecule has 0 aromatic heterocycles. The Morgan fingerprint density at radius 1 is 0.944 bits per heavy atom. The van der Waals surface area contributed by atoms with Crippen LogP contribution in [0.25, 0.3) is 0 Å². The second kappa shape index (κ2) is 14.4. The minimum atomic E-state index is -1.29. The van der Waals surface area contributed by atoms with E-state index in [0.29, 0.717) is 60.6 Å². The fraction of sp³-hybridized carbons (Fsp3) is 0.439. The van der Waals surface area contributed by atoms with E-state index in [-0.39, 0.29) is 40.6 Å². The van der Waals surface area contributed by atoms with Gasteiger partial charge in [0.25, 0.3) is 5.91 Å². The summed E-state index contributed by atoms with van der Waals surface area (Å²) < 4.78 is 16.1. The van der Waals surface area contributed by atoms with E-state index in [0.717, 1.165) is 49.7 Å². The predicted octanol–water partition coefficient (Wildman–Crippen LogP) is 6.07. The van der Waals surface area contributed by atoms with Gasteiger partial charge in [0, 0.05) is 47.2 Å². The molecule has 1 unspecified atom stereocenters. The molecular formula is C41H42Cl2FN5O5. The number of imide groups is 1. The summed E-state index contributed by atoms with van der Waals surface area (Å²) in [5.74, 6) is -3.05. The molecule has 2 spiro atoms. The number of hydrogen-bond acceptors (Lipinski definition) is 6. The molecule has 54 heavy (non-hydrogen) atoms. The van der Waals surface area contributed by atoms with E-state index in [9.17, 15) is 24.0 Å². The van der Waals surface area contributed by atoms with Gasteiger partial charge in [-0.05, 0) is 85.0 Å². The van der Waals surface area contributed by atoms with Crippen molar-refractivity contribution in [1.29, 1.82) is 0 Å². The summed E-state index contributed by atoms with van der Waals surface area (Å²) >= 11 is 12.7. The highest BCUT2D eigenvalue weighted by atomic mass is 35.5. The van der Waals surface area contributed by atoms with Crippen LogP contribution in [0.3, 0.4) is 0 Å². The Kier molecular flexibility index (Phi) is 9.77. The average molecular weight is 775 g/mol. The van der Waals surface area contributed by atoms with Crippen LogP contribution in [0.5, 0.6) is 0 Å². The molecule has 4 heterocycles. The Morgan fingerprint density at radius 3 is 2.54 bits per heavy atom. The number of nitrogens with zero attached hydrogens (tertiary/aromatic N) is 1. The molecule has 3 aromatic rings. The zero-order valence-corrected chi connectivity index (χ0v) is 31.3. The van der Waals surface area contributed by atoms with Crippen molar-refractivity contribution >= 4 is 58.4 Å². The molecule has 0 bridgehead atoms. The van der Waals surface area contributed by atoms with Crippen molar-refractivity contribution in [3.63, 3.8) is 0 Å². The maximum atomic E-state index is 16.1. The van der Waals surface area contributed by atoms with Crippen LogP contribution in [0.4, 0.5) is 10.1 Å². The lowest BCUT2D eigenvalue weighted by atomic mass is 9.55. The molecule has 1 aliphatic carbocycles. The summed E-state index contributed by atoms with van der Waals surface area (Å²) in [4.78, 5) is 67.8. The normalized spacial score (nSPS) is 25.5. The van der Waals surface area contributed by atoms with Gasteiger partial charge in [0.05, 0.1) is 11.1 Å². The number of unbranched alkanes of at least 4 members (excludes halogenated alkanes) is 2. The van der Waals surface area contributed by atoms with Gasteiger partial charge >= 0.3 is 0 Å². The number of hydrogen-bond donors (Lipinski definition) is 4. The molecule has 3 aromatic carbocycles. The highest BCUT2D eigenvalue weighted by molar-refractivity contribution is 6.31. The molecule has 282 valence electrons. The molecule has 8 rings (SSSR count). The number of carbonyl (C=O) groups excluding carboxylic acids is 5. The quantitative estimate of drug-likeness (QED) is 0.154. The largest absolute Gasteiger partial charge is 0.355 e. The Labute approximate surface area is 322 Å². The number of piperidine rings is 1. The van der Waals surface area contributed by atoms with Gasteiger partial charge < -0.3 is 15.5 Å². The molecule has 4 atom stereocenters. The number of rotatable bonds is 9. The van der Waals surface area contributed by atoms with Crippen molar-refractivity contribution in [2.45, 2.75) is 106 Å². The number of carbonyl (C=O) groups is 5. The third kappa shape index (κ3) is 5.90. The standard InChI is InChI=1S/C41H42Cl2FN5O5/c42-24-14-15-28-30(21-24)46-39(54)41(28)33(26-12-8-13-29(43)34(26)44)35(48-40(41)18-4-2-5-19-40)37(52)45-20-6-1-3-9-23-10-7-11-25-27(23)22-49(38(25)53)31-16-17-32(50)47-36(31)51/h7-8,10-15,21,31,33,35,48H,1-6,9,16-20,22H2,(H,45,52)(H,46,54)(H,47,50,51)/t31?,33-,35+,41+/m0/s1. The first-order valence-electron chi connectivity index (χ1n) is 18.9. The summed E-state index contributed by atoms with van der Waals surface area (Å²) in [6, 6.07) is 14.1. The van der Waals surface area contributed by atoms with Crippen molar-refractivity contribution in [1.82, 2.24) is 20.9 Å². The molecule has 1 saturated carbocycles. The highest BCUT2D eigenvalue weighted by Gasteiger charge is 2.72. The predicted molar refractivity (Wildman–Crippen MR) is 202 cm³/mol. The van der Waals surface area contributed by atoms with Crippen LogP contribution in [0.15, 0.2) is 54.6 Å². The van der Waals surface area contributed by atoms with Gasteiger partial charge in [0.1, 0.15) is 17.3 Å². The van der Waals surface area contributed by atoms with Crippen molar-refractivity contribution in [2.75, 3.05) is 11.9 Å². The minimum absolute atomic E-state index is 0.0711. The third-order valence-corrected chi connectivity index (χ3v) is 12.9. The van der Waals surface area contributed by atoms with E-state index >= 15 is 4.39 Å². The molecule has 5 aliphatic rings. The molecule has 4 N–H and O–H groups in total. The first kappa shape index (κ1) is 36.6. The lowest BCUT2D eigenvalue weighted by Gasteiger charge is -2.47. The number of benzene rings is 3. The van der Waals surface area contributed by atoms with Crippen molar-refractivity contribution in [3.8, 4) is 0 Å². The maximum absolute atomic E-state index is 16.1.